The number of fused-ring (bicyclic) bond motifs is 8. The smallest absolute Gasteiger partial charge is 0.268 e. The Balaban J connectivity index is 0.0000149. The summed E-state index contributed by atoms with van der Waals surface area (Å²) in [5.41, 5.74) is -16.8. The Hall–Kier alpha value is -10.4. The summed E-state index contributed by atoms with van der Waals surface area (Å²) in [6, 6.07) is 10.6. The van der Waals surface area contributed by atoms with Gasteiger partial charge in [0.05, 0.1) is 57.9 Å². The number of benzene rings is 12. The minimum Gasteiger partial charge on any atom is -0.510 e. The van der Waals surface area contributed by atoms with Gasteiger partial charge in [-0.2, -0.15) is 18.2 Å². The standard InChI is InChI=1S/C92H77N5OSi.Pt/c1-61-27-21-41-75-76-42-22-28-62(2)88(76)97(87(61)75)83-46-26-45-82-86(83)77-49-48-68(59-84(77)96(82)85-57-65(51-54-93-85)90(3,4)5)98-67-31-24-30-66(58-67)94-60-95(81-44-20-19-43-80(81)94)89-73(39-25-40-74(89)64-47-50-78-79(56-64)92(8,9)53-52-91(78,6)7)63-29-23-38-72(55-63)99(69-32-13-10-14-33-69,70-34-15-11-16-35-70)71-36-17-12-18-37-71;/h10-51,54-57H,52-53H2,1-9H3;/q-2;/i1D3,2D3,6D3,7D3,8D3,9D3,10D,11D,12D,13D,14D,15D,16D,17D,18D,23D,29D,32D,33D,34D,35D,36D,37D,38D,47D,50D,52D2,53D2,55D,56D;. The van der Waals surface area contributed by atoms with Gasteiger partial charge in [0.1, 0.15) is 5.82 Å². The largest absolute Gasteiger partial charge is 0.510 e. The zero-order valence-electron chi connectivity index (χ0n) is 96.8. The molecular weight excluding hydrogens is 1410 g/mol. The summed E-state index contributed by atoms with van der Waals surface area (Å²) in [5.74, 6) is 0.204. The molecule has 4 heterocycles. The van der Waals surface area contributed by atoms with Crippen molar-refractivity contribution >= 4 is 83.5 Å². The summed E-state index contributed by atoms with van der Waals surface area (Å²) >= 11 is 0. The van der Waals surface area contributed by atoms with E-state index >= 15 is 0 Å². The summed E-state index contributed by atoms with van der Waals surface area (Å²) in [4.78, 5) is 4.90. The van der Waals surface area contributed by atoms with Crippen LogP contribution in [0.15, 0.2) is 279 Å². The number of hydrogen-bond acceptors (Lipinski definition) is 2. The molecule has 12 aromatic carbocycles. The van der Waals surface area contributed by atoms with Gasteiger partial charge in [0.2, 0.25) is 0 Å². The van der Waals surface area contributed by atoms with Gasteiger partial charge in [0.25, 0.3) is 6.33 Å². The minimum absolute atomic E-state index is 0. The summed E-state index contributed by atoms with van der Waals surface area (Å²) < 4.78 is 430. The van der Waals surface area contributed by atoms with E-state index in [-0.39, 0.29) is 71.4 Å². The molecule has 0 amide bonds. The van der Waals surface area contributed by atoms with Gasteiger partial charge in [-0.15, -0.1) is 24.3 Å². The molecule has 8 heteroatoms. The Kier molecular flexibility index (Phi) is 7.89. The molecule has 0 fully saturated rings. The van der Waals surface area contributed by atoms with E-state index in [9.17, 15) is 39.8 Å². The second-order valence-electron chi connectivity index (χ2n) is 24.7. The molecule has 0 radical (unpaired) electrons. The van der Waals surface area contributed by atoms with E-state index in [4.69, 9.17) is 30.3 Å². The monoisotopic (exact) mass is 1530 g/mol. The number of para-hydroxylation sites is 5. The van der Waals surface area contributed by atoms with Crippen molar-refractivity contribution < 1.29 is 90.7 Å². The molecule has 0 unspecified atom stereocenters. The molecule has 0 N–H and O–H groups in total. The second kappa shape index (κ2) is 24.8. The van der Waals surface area contributed by atoms with Crippen LogP contribution in [0.25, 0.3) is 99.8 Å². The van der Waals surface area contributed by atoms with Gasteiger partial charge in [0, 0.05) is 90.9 Å². The Morgan fingerprint density at radius 2 is 1.15 bits per heavy atom. The van der Waals surface area contributed by atoms with Crippen molar-refractivity contribution in [3.63, 3.8) is 0 Å². The van der Waals surface area contributed by atoms with E-state index in [1.54, 1.807) is 69.9 Å². The molecular formula is C92H77N5OPtSi-2. The minimum atomic E-state index is -6.78. The van der Waals surface area contributed by atoms with Crippen LogP contribution in [0.2, 0.25) is 0 Å². The SMILES string of the molecule is [2H]c1c([2H])c([2H])c([Si](c2c([2H])c([2H])c([2H])c([2H])c2[2H])(c2c([2H])c([2H])c([2H])c([2H])c2[2H])c2c([2H])c([2H])c([2H])c(-c3cccc(-c4c([2H])c([2H])c5c(c4[2H])C(C([2H])([2H])[2H])(C([2H])([2H])[2H])C([2H])([2H])C([2H])([2H])C5(C([2H])([2H])[2H])C([2H])([2H])[2H])c3-[n+]3[c-]n(-c4[c-]c(Oc5[c-]c6c(cc5)c5c(-n7c8c(C([2H])([2H])[2H])cccc8c8cccc(C([2H])([2H])[2H])c87)cccc5n6-c5cc(C(C)(C)C)ccn5)ccc4)c4ccccc43)c2[2H])c([2H])c1[2H].[Pt]. The predicted octanol–water partition coefficient (Wildman–Crippen LogP) is 19.7. The van der Waals surface area contributed by atoms with Crippen LogP contribution in [0.5, 0.6) is 11.5 Å². The molecule has 1 aliphatic carbocycles. The molecule has 0 spiro atoms. The molecule has 100 heavy (non-hydrogen) atoms. The van der Waals surface area contributed by atoms with Crippen molar-refractivity contribution in [3.05, 3.63) is 325 Å². The number of nitrogens with zero attached hydrogens (tertiary/aromatic N) is 5. The third-order valence-corrected chi connectivity index (χ3v) is 21.7. The second-order valence-corrected chi connectivity index (χ2v) is 28.2. The Labute approximate surface area is 663 Å². The molecule has 17 rings (SSSR count). The molecule has 6 nitrogen and oxygen atoms in total. The van der Waals surface area contributed by atoms with Gasteiger partial charge >= 0.3 is 0 Å². The molecule has 1 aliphatic rings. The van der Waals surface area contributed by atoms with Crippen molar-refractivity contribution in [2.45, 2.75) is 90.9 Å². The summed E-state index contributed by atoms with van der Waals surface area (Å²) in [7, 11) is -6.78. The first-order valence-electron chi connectivity index (χ1n) is 53.0. The summed E-state index contributed by atoms with van der Waals surface area (Å²) in [5, 5.41) is -3.37. The Morgan fingerprint density at radius 3 is 1.81 bits per heavy atom. The van der Waals surface area contributed by atoms with Gasteiger partial charge in [-0.25, -0.2) is 4.98 Å². The number of pyridine rings is 1. The molecule has 492 valence electrons. The van der Waals surface area contributed by atoms with Crippen molar-refractivity contribution in [1.82, 2.24) is 18.7 Å². The van der Waals surface area contributed by atoms with Crippen LogP contribution in [0.1, 0.15) is 149 Å². The van der Waals surface area contributed by atoms with E-state index < -0.39 is 271 Å². The van der Waals surface area contributed by atoms with E-state index in [0.717, 1.165) is 28.3 Å². The molecule has 0 saturated carbocycles. The fourth-order valence-corrected chi connectivity index (χ4v) is 16.8. The van der Waals surface area contributed by atoms with Crippen molar-refractivity contribution in [3.8, 4) is 56.6 Å². The maximum Gasteiger partial charge on any atom is 0.268 e. The average Bonchev–Trinajstić information content (AvgIpc) is 0.661. The molecule has 0 saturated heterocycles. The van der Waals surface area contributed by atoms with Crippen molar-refractivity contribution in [1.29, 1.82) is 0 Å². The van der Waals surface area contributed by atoms with Crippen LogP contribution in [0.4, 0.5) is 0 Å². The number of ether oxygens (including phenoxy) is 1. The number of aryl methyl sites for hydroxylation is 2. The van der Waals surface area contributed by atoms with E-state index in [1.807, 2.05) is 32.9 Å². The van der Waals surface area contributed by atoms with E-state index in [1.165, 1.54) is 59.2 Å². The molecule has 0 atom stereocenters. The molecule has 4 aromatic heterocycles. The van der Waals surface area contributed by atoms with Crippen molar-refractivity contribution in [2.75, 3.05) is 0 Å². The predicted molar refractivity (Wildman–Crippen MR) is 412 cm³/mol. The van der Waals surface area contributed by atoms with Crippen LogP contribution in [-0.2, 0) is 37.3 Å². The molecule has 0 aliphatic heterocycles. The van der Waals surface area contributed by atoms with E-state index in [0.29, 0.717) is 44.1 Å². The number of rotatable bonds is 12. The van der Waals surface area contributed by atoms with Crippen LogP contribution in [0, 0.1) is 32.2 Å². The van der Waals surface area contributed by atoms with Crippen molar-refractivity contribution in [2.24, 2.45) is 0 Å². The van der Waals surface area contributed by atoms with Gasteiger partial charge < -0.3 is 18.4 Å². The first-order chi connectivity index (χ1) is 66.2. The van der Waals surface area contributed by atoms with Gasteiger partial charge in [0.15, 0.2) is 8.07 Å². The molecule has 0 bridgehead atoms. The first-order valence-corrected chi connectivity index (χ1v) is 33.0. The average molecular weight is 1540 g/mol. The third kappa shape index (κ3) is 10.5. The topological polar surface area (TPSA) is 40.8 Å². The van der Waals surface area contributed by atoms with Crippen LogP contribution in [0.3, 0.4) is 0 Å². The number of imidazole rings is 1. The van der Waals surface area contributed by atoms with Gasteiger partial charge in [-0.3, -0.25) is 4.57 Å². The number of aromatic nitrogens is 5. The summed E-state index contributed by atoms with van der Waals surface area (Å²) in [6.07, 6.45) is -4.96. The Morgan fingerprint density at radius 1 is 0.550 bits per heavy atom. The maximum absolute atomic E-state index is 11.1. The van der Waals surface area contributed by atoms with Gasteiger partial charge in [-0.05, 0) is 149 Å². The van der Waals surface area contributed by atoms with Crippen LogP contribution in [-0.4, -0.2) is 26.8 Å². The van der Waals surface area contributed by atoms with Crippen LogP contribution < -0.4 is 30.1 Å². The fourth-order valence-electron chi connectivity index (χ4n) is 13.3. The first kappa shape index (κ1) is 31.8. The quantitative estimate of drug-likeness (QED) is 0.0529. The third-order valence-electron chi connectivity index (χ3n) is 17.7. The normalized spacial score (nSPS) is 21.8. The Bertz CT molecular complexity index is 7840. The van der Waals surface area contributed by atoms with Crippen LogP contribution >= 0.6 is 0 Å². The zero-order chi connectivity index (χ0) is 105. The van der Waals surface area contributed by atoms with E-state index in [2.05, 4.69) is 18.5 Å². The summed E-state index contributed by atoms with van der Waals surface area (Å²) in [6.45, 7) is -17.9. The van der Waals surface area contributed by atoms with Gasteiger partial charge in [-0.1, -0.05) is 277 Å². The fraction of sp³-hybridized carbons (Fsp3) is 0.152. The zero-order valence-corrected chi connectivity index (χ0v) is 56.1. The molecule has 16 aromatic rings. The maximum atomic E-state index is 11.1. The number of hydrogen-bond donors (Lipinski definition) is 0.